The first-order valence-electron chi connectivity index (χ1n) is 7.21. The van der Waals surface area contributed by atoms with Crippen LogP contribution in [-0.2, 0) is 4.79 Å². The molecule has 1 aromatic carbocycles. The topological polar surface area (TPSA) is 70.2 Å². The van der Waals surface area contributed by atoms with Crippen molar-refractivity contribution in [2.75, 3.05) is 11.9 Å². The molecule has 2 aromatic rings. The van der Waals surface area contributed by atoms with Gasteiger partial charge in [-0.3, -0.25) is 4.79 Å². The van der Waals surface area contributed by atoms with Crippen LogP contribution in [0.1, 0.15) is 12.8 Å². The summed E-state index contributed by atoms with van der Waals surface area (Å²) in [5, 5.41) is 10.3. The summed E-state index contributed by atoms with van der Waals surface area (Å²) in [5.74, 6) is -0.117. The van der Waals surface area contributed by atoms with Crippen molar-refractivity contribution in [1.29, 1.82) is 0 Å². The van der Waals surface area contributed by atoms with Crippen LogP contribution in [0.4, 0.5) is 10.5 Å². The average molecular weight is 315 g/mol. The van der Waals surface area contributed by atoms with Crippen molar-refractivity contribution in [2.24, 2.45) is 0 Å². The number of piperidine rings is 1. The average Bonchev–Trinajstić information content (AvgIpc) is 3.04. The first-order chi connectivity index (χ1) is 10.7. The molecule has 1 saturated heterocycles. The molecule has 0 unspecified atom stereocenters. The number of urea groups is 1. The smallest absolute Gasteiger partial charge is 0.319 e. The number of nitrogens with one attached hydrogen (secondary N) is 3. The lowest BCUT2D eigenvalue weighted by atomic mass is 10.1. The number of thiophene rings is 1. The lowest BCUT2D eigenvalue weighted by Crippen LogP contribution is -2.51. The zero-order valence-electron chi connectivity index (χ0n) is 12.0. The fraction of sp³-hybridized carbons (Fsp3) is 0.250. The summed E-state index contributed by atoms with van der Waals surface area (Å²) < 4.78 is 0. The van der Waals surface area contributed by atoms with Crippen LogP contribution in [0.25, 0.3) is 10.4 Å². The third-order valence-corrected chi connectivity index (χ3v) is 4.44. The second-order valence-electron chi connectivity index (χ2n) is 5.14. The number of benzene rings is 1. The number of hydrogen-bond donors (Lipinski definition) is 3. The van der Waals surface area contributed by atoms with E-state index in [9.17, 15) is 9.59 Å². The van der Waals surface area contributed by atoms with Gasteiger partial charge in [0.2, 0.25) is 5.91 Å². The third-order valence-electron chi connectivity index (χ3n) is 3.52. The highest BCUT2D eigenvalue weighted by Gasteiger charge is 2.23. The second-order valence-corrected chi connectivity index (χ2v) is 6.09. The van der Waals surface area contributed by atoms with Gasteiger partial charge in [-0.2, -0.15) is 0 Å². The Balaban J connectivity index is 1.64. The van der Waals surface area contributed by atoms with E-state index >= 15 is 0 Å². The molecule has 2 heterocycles. The van der Waals surface area contributed by atoms with E-state index in [2.05, 4.69) is 16.0 Å². The molecule has 3 amide bonds. The molecule has 3 N–H and O–H groups in total. The second kappa shape index (κ2) is 6.62. The Labute approximate surface area is 132 Å². The van der Waals surface area contributed by atoms with Gasteiger partial charge in [0.1, 0.15) is 6.04 Å². The molecule has 0 aliphatic carbocycles. The molecule has 0 spiro atoms. The summed E-state index contributed by atoms with van der Waals surface area (Å²) in [6, 6.07) is 10.9. The summed E-state index contributed by atoms with van der Waals surface area (Å²) in [7, 11) is 0. The maximum absolute atomic E-state index is 12.0. The quantitative estimate of drug-likeness (QED) is 0.815. The van der Waals surface area contributed by atoms with Crippen molar-refractivity contribution in [1.82, 2.24) is 10.6 Å². The maximum atomic E-state index is 12.0. The van der Waals surface area contributed by atoms with Gasteiger partial charge < -0.3 is 16.0 Å². The number of anilines is 1. The highest BCUT2D eigenvalue weighted by molar-refractivity contribution is 7.13. The number of rotatable bonds is 3. The minimum atomic E-state index is -0.450. The molecule has 22 heavy (non-hydrogen) atoms. The van der Waals surface area contributed by atoms with E-state index in [4.69, 9.17) is 0 Å². The minimum absolute atomic E-state index is 0.117. The van der Waals surface area contributed by atoms with Crippen molar-refractivity contribution in [3.8, 4) is 10.4 Å². The van der Waals surface area contributed by atoms with Crippen LogP contribution in [0.3, 0.4) is 0 Å². The number of amides is 3. The molecule has 114 valence electrons. The molecule has 1 aliphatic heterocycles. The molecule has 3 rings (SSSR count). The number of carbonyl (C=O) groups excluding carboxylic acids is 2. The van der Waals surface area contributed by atoms with E-state index in [1.54, 1.807) is 11.3 Å². The van der Waals surface area contributed by atoms with E-state index in [0.717, 1.165) is 16.9 Å². The Hall–Kier alpha value is -2.34. The zero-order chi connectivity index (χ0) is 15.4. The molecule has 0 radical (unpaired) electrons. The van der Waals surface area contributed by atoms with Gasteiger partial charge in [0.15, 0.2) is 0 Å². The largest absolute Gasteiger partial charge is 0.354 e. The van der Waals surface area contributed by atoms with Crippen LogP contribution in [0, 0.1) is 0 Å². The highest BCUT2D eigenvalue weighted by Crippen LogP contribution is 2.26. The predicted molar refractivity (Wildman–Crippen MR) is 87.9 cm³/mol. The van der Waals surface area contributed by atoms with Crippen molar-refractivity contribution in [3.63, 3.8) is 0 Å². The number of carbonyl (C=O) groups is 2. The highest BCUT2D eigenvalue weighted by atomic mass is 32.1. The molecule has 1 atom stereocenters. The van der Waals surface area contributed by atoms with Crippen LogP contribution >= 0.6 is 11.3 Å². The summed E-state index contributed by atoms with van der Waals surface area (Å²) >= 11 is 1.65. The zero-order valence-corrected chi connectivity index (χ0v) is 12.8. The molecule has 0 saturated carbocycles. The molecule has 1 aromatic heterocycles. The van der Waals surface area contributed by atoms with Gasteiger partial charge in [-0.25, -0.2) is 4.79 Å². The molecule has 0 bridgehead atoms. The Morgan fingerprint density at radius 3 is 2.95 bits per heavy atom. The third kappa shape index (κ3) is 3.46. The van der Waals surface area contributed by atoms with Crippen LogP contribution in [0.15, 0.2) is 41.8 Å². The monoisotopic (exact) mass is 315 g/mol. The lowest BCUT2D eigenvalue weighted by Gasteiger charge is -2.22. The van der Waals surface area contributed by atoms with E-state index in [-0.39, 0.29) is 11.9 Å². The standard InChI is InChI=1S/C16H17N3O2S/c20-15-13(6-2-8-17-15)19-16(21)18-12-5-1-4-11(10-12)14-7-3-9-22-14/h1,3-5,7,9-10,13H,2,6,8H2,(H,17,20)(H2,18,19,21)/t13-/m1/s1. The summed E-state index contributed by atoms with van der Waals surface area (Å²) in [6.45, 7) is 0.682. The SMILES string of the molecule is O=C(Nc1cccc(-c2cccs2)c1)N[C@@H]1CCCNC1=O. The summed E-state index contributed by atoms with van der Waals surface area (Å²) in [6.07, 6.45) is 1.55. The van der Waals surface area contributed by atoms with Crippen LogP contribution in [0.5, 0.6) is 0 Å². The van der Waals surface area contributed by atoms with Crippen molar-refractivity contribution in [2.45, 2.75) is 18.9 Å². The van der Waals surface area contributed by atoms with Crippen molar-refractivity contribution in [3.05, 3.63) is 41.8 Å². The summed E-state index contributed by atoms with van der Waals surface area (Å²) in [5.41, 5.74) is 1.77. The van der Waals surface area contributed by atoms with E-state index in [1.165, 1.54) is 0 Å². The summed E-state index contributed by atoms with van der Waals surface area (Å²) in [4.78, 5) is 24.8. The van der Waals surface area contributed by atoms with Gasteiger partial charge in [0, 0.05) is 17.1 Å². The Morgan fingerprint density at radius 1 is 1.27 bits per heavy atom. The van der Waals surface area contributed by atoms with E-state index in [1.807, 2.05) is 41.8 Å². The van der Waals surface area contributed by atoms with E-state index in [0.29, 0.717) is 18.7 Å². The van der Waals surface area contributed by atoms with Crippen LogP contribution in [0.2, 0.25) is 0 Å². The Bertz CT molecular complexity index is 670. The normalized spacial score (nSPS) is 17.6. The first kappa shape index (κ1) is 14.6. The van der Waals surface area contributed by atoms with Crippen LogP contribution in [-0.4, -0.2) is 24.5 Å². The molecular formula is C16H17N3O2S. The van der Waals surface area contributed by atoms with Gasteiger partial charge in [-0.15, -0.1) is 11.3 Å². The molecular weight excluding hydrogens is 298 g/mol. The lowest BCUT2D eigenvalue weighted by molar-refractivity contribution is -0.124. The van der Waals surface area contributed by atoms with Crippen molar-refractivity contribution >= 4 is 29.0 Å². The minimum Gasteiger partial charge on any atom is -0.354 e. The molecule has 5 nitrogen and oxygen atoms in total. The fourth-order valence-electron chi connectivity index (χ4n) is 2.43. The Morgan fingerprint density at radius 2 is 2.18 bits per heavy atom. The number of hydrogen-bond acceptors (Lipinski definition) is 3. The van der Waals surface area contributed by atoms with Crippen molar-refractivity contribution < 1.29 is 9.59 Å². The fourth-order valence-corrected chi connectivity index (χ4v) is 3.15. The maximum Gasteiger partial charge on any atom is 0.319 e. The van der Waals surface area contributed by atoms with Gasteiger partial charge in [-0.05, 0) is 42.0 Å². The van der Waals surface area contributed by atoms with E-state index < -0.39 is 6.04 Å². The first-order valence-corrected chi connectivity index (χ1v) is 8.09. The predicted octanol–water partition coefficient (Wildman–Crippen LogP) is 2.82. The Kier molecular flexibility index (Phi) is 4.39. The van der Waals surface area contributed by atoms with Gasteiger partial charge in [0.25, 0.3) is 0 Å². The molecule has 1 fully saturated rings. The molecule has 6 heteroatoms. The van der Waals surface area contributed by atoms with Crippen LogP contribution < -0.4 is 16.0 Å². The van der Waals surface area contributed by atoms with Gasteiger partial charge in [0.05, 0.1) is 0 Å². The van der Waals surface area contributed by atoms with Gasteiger partial charge in [-0.1, -0.05) is 18.2 Å². The molecule has 1 aliphatic rings. The van der Waals surface area contributed by atoms with Gasteiger partial charge >= 0.3 is 6.03 Å².